The average Bonchev–Trinajstić information content (AvgIpc) is 2.72. The van der Waals surface area contributed by atoms with Crippen LogP contribution in [-0.4, -0.2) is 69.1 Å². The third kappa shape index (κ3) is 9.86. The maximum atomic E-state index is 13.0. The van der Waals surface area contributed by atoms with Crippen molar-refractivity contribution in [2.75, 3.05) is 0 Å². The summed E-state index contributed by atoms with van der Waals surface area (Å²) >= 11 is 0. The Bertz CT molecular complexity index is 885. The van der Waals surface area contributed by atoms with Crippen LogP contribution in [0, 0.1) is 5.92 Å². The molecule has 1 aromatic carbocycles. The van der Waals surface area contributed by atoms with Gasteiger partial charge in [0.2, 0.25) is 17.7 Å². The Morgan fingerprint density at radius 2 is 1.32 bits per heavy atom. The number of phenolic OH excluding ortho intramolecular Hbond substituents is 1. The van der Waals surface area contributed by atoms with Crippen molar-refractivity contribution >= 4 is 29.7 Å². The summed E-state index contributed by atoms with van der Waals surface area (Å²) < 4.78 is 0. The normalized spacial score (nSPS) is 14.4. The van der Waals surface area contributed by atoms with Gasteiger partial charge in [0, 0.05) is 6.42 Å². The van der Waals surface area contributed by atoms with Crippen molar-refractivity contribution < 1.29 is 39.3 Å². The first-order valence-electron chi connectivity index (χ1n) is 10.7. The van der Waals surface area contributed by atoms with E-state index in [9.17, 15) is 34.2 Å². The highest BCUT2D eigenvalue weighted by Crippen LogP contribution is 2.13. The molecule has 3 amide bonds. The maximum absolute atomic E-state index is 13.0. The molecule has 0 aliphatic heterocycles. The highest BCUT2D eigenvalue weighted by molar-refractivity contribution is 5.95. The van der Waals surface area contributed by atoms with Crippen LogP contribution in [0.4, 0.5) is 0 Å². The molecule has 188 valence electrons. The van der Waals surface area contributed by atoms with E-state index in [1.54, 1.807) is 13.8 Å². The summed E-state index contributed by atoms with van der Waals surface area (Å²) in [5.74, 6) is -5.19. The monoisotopic (exact) mass is 480 g/mol. The fourth-order valence-corrected chi connectivity index (χ4v) is 3.00. The summed E-state index contributed by atoms with van der Waals surface area (Å²) in [6.45, 7) is 4.93. The number of phenols is 1. The molecule has 34 heavy (non-hydrogen) atoms. The van der Waals surface area contributed by atoms with Crippen LogP contribution < -0.4 is 21.7 Å². The van der Waals surface area contributed by atoms with Crippen LogP contribution >= 0.6 is 0 Å². The van der Waals surface area contributed by atoms with Gasteiger partial charge in [-0.3, -0.25) is 19.2 Å². The summed E-state index contributed by atoms with van der Waals surface area (Å²) in [7, 11) is 0. The summed E-state index contributed by atoms with van der Waals surface area (Å²) in [5, 5.41) is 35.1. The second-order valence-corrected chi connectivity index (χ2v) is 8.41. The highest BCUT2D eigenvalue weighted by atomic mass is 16.4. The van der Waals surface area contributed by atoms with Crippen LogP contribution in [0.3, 0.4) is 0 Å². The molecule has 12 heteroatoms. The average molecular weight is 481 g/mol. The molecule has 0 spiro atoms. The first-order valence-corrected chi connectivity index (χ1v) is 10.7. The van der Waals surface area contributed by atoms with Gasteiger partial charge in [-0.2, -0.15) is 0 Å². The number of nitrogens with two attached hydrogens (primary N) is 1. The molecule has 1 aromatic rings. The summed E-state index contributed by atoms with van der Waals surface area (Å²) in [6.07, 6.45) is -0.705. The van der Waals surface area contributed by atoms with E-state index in [1.807, 2.05) is 0 Å². The standard InChI is InChI=1S/C22H32N4O8/c1-11(2)8-17(22(33)34)26-20(31)15(9-13-4-6-14(27)7-5-13)25-21(32)16(10-18(28)29)24-19(30)12(3)23/h4-7,11-12,15-17,27H,8-10,23H2,1-3H3,(H,24,30)(H,25,32)(H,26,31)(H,28,29)(H,33,34). The number of nitrogens with one attached hydrogen (secondary N) is 3. The number of benzene rings is 1. The zero-order chi connectivity index (χ0) is 26.0. The molecule has 8 N–H and O–H groups in total. The quantitative estimate of drug-likeness (QED) is 0.191. The van der Waals surface area contributed by atoms with Crippen LogP contribution in [-0.2, 0) is 30.4 Å². The van der Waals surface area contributed by atoms with E-state index in [4.69, 9.17) is 10.8 Å². The number of aliphatic carboxylic acids is 2. The first kappa shape index (κ1) is 28.4. The van der Waals surface area contributed by atoms with E-state index in [1.165, 1.54) is 31.2 Å². The van der Waals surface area contributed by atoms with E-state index < -0.39 is 60.2 Å². The van der Waals surface area contributed by atoms with Crippen molar-refractivity contribution in [2.24, 2.45) is 11.7 Å². The molecule has 1 rings (SSSR count). The third-order valence-electron chi connectivity index (χ3n) is 4.76. The van der Waals surface area contributed by atoms with E-state index in [2.05, 4.69) is 16.0 Å². The van der Waals surface area contributed by atoms with Crippen LogP contribution in [0.15, 0.2) is 24.3 Å². The van der Waals surface area contributed by atoms with Gasteiger partial charge >= 0.3 is 11.9 Å². The minimum Gasteiger partial charge on any atom is -0.508 e. The number of amides is 3. The Hall–Kier alpha value is -3.67. The Morgan fingerprint density at radius 1 is 0.824 bits per heavy atom. The maximum Gasteiger partial charge on any atom is 0.326 e. The van der Waals surface area contributed by atoms with Crippen LogP contribution in [0.1, 0.15) is 39.2 Å². The molecular formula is C22H32N4O8. The molecule has 12 nitrogen and oxygen atoms in total. The van der Waals surface area contributed by atoms with Crippen molar-refractivity contribution in [1.82, 2.24) is 16.0 Å². The molecule has 4 atom stereocenters. The molecule has 0 fully saturated rings. The minimum absolute atomic E-state index is 0.0169. The van der Waals surface area contributed by atoms with E-state index in [0.717, 1.165) is 0 Å². The summed E-state index contributed by atoms with van der Waals surface area (Å²) in [6, 6.07) is 0.745. The lowest BCUT2D eigenvalue weighted by molar-refractivity contribution is -0.143. The van der Waals surface area contributed by atoms with Crippen LogP contribution in [0.2, 0.25) is 0 Å². The van der Waals surface area contributed by atoms with E-state index in [-0.39, 0.29) is 24.5 Å². The highest BCUT2D eigenvalue weighted by Gasteiger charge is 2.31. The molecule has 0 aliphatic carbocycles. The number of hydrogen-bond donors (Lipinski definition) is 7. The van der Waals surface area contributed by atoms with Crippen LogP contribution in [0.5, 0.6) is 5.75 Å². The fraction of sp³-hybridized carbons (Fsp3) is 0.500. The Morgan fingerprint density at radius 3 is 1.79 bits per heavy atom. The van der Waals surface area contributed by atoms with Crippen molar-refractivity contribution in [2.45, 2.75) is 64.2 Å². The van der Waals surface area contributed by atoms with Gasteiger partial charge in [0.05, 0.1) is 12.5 Å². The number of carboxylic acids is 2. The van der Waals surface area contributed by atoms with Gasteiger partial charge in [-0.1, -0.05) is 26.0 Å². The summed E-state index contributed by atoms with van der Waals surface area (Å²) in [5.41, 5.74) is 6.00. The summed E-state index contributed by atoms with van der Waals surface area (Å²) in [4.78, 5) is 60.5. The smallest absolute Gasteiger partial charge is 0.326 e. The van der Waals surface area contributed by atoms with Gasteiger partial charge in [0.15, 0.2) is 0 Å². The first-order chi connectivity index (χ1) is 15.8. The molecule has 0 aromatic heterocycles. The van der Waals surface area contributed by atoms with Crippen molar-refractivity contribution in [3.63, 3.8) is 0 Å². The topological polar surface area (TPSA) is 208 Å². The molecular weight excluding hydrogens is 448 g/mol. The lowest BCUT2D eigenvalue weighted by atomic mass is 10.0. The zero-order valence-electron chi connectivity index (χ0n) is 19.3. The number of carbonyl (C=O) groups is 5. The zero-order valence-corrected chi connectivity index (χ0v) is 19.3. The molecule has 0 heterocycles. The number of aromatic hydroxyl groups is 1. The molecule has 0 aliphatic rings. The van der Waals surface area contributed by atoms with Gasteiger partial charge in [0.1, 0.15) is 23.9 Å². The Balaban J connectivity index is 3.16. The van der Waals surface area contributed by atoms with Gasteiger partial charge in [0.25, 0.3) is 0 Å². The van der Waals surface area contributed by atoms with E-state index >= 15 is 0 Å². The molecule has 0 radical (unpaired) electrons. The minimum atomic E-state index is -1.52. The van der Waals surface area contributed by atoms with Crippen molar-refractivity contribution in [3.8, 4) is 5.75 Å². The van der Waals surface area contributed by atoms with Gasteiger partial charge in [-0.25, -0.2) is 4.79 Å². The molecule has 0 saturated heterocycles. The second kappa shape index (κ2) is 13.1. The largest absolute Gasteiger partial charge is 0.508 e. The molecule has 0 saturated carbocycles. The predicted octanol–water partition coefficient (Wildman–Crippen LogP) is -0.658. The third-order valence-corrected chi connectivity index (χ3v) is 4.76. The van der Waals surface area contributed by atoms with Crippen LogP contribution in [0.25, 0.3) is 0 Å². The van der Waals surface area contributed by atoms with Gasteiger partial charge in [-0.05, 0) is 37.0 Å². The SMILES string of the molecule is CC(C)CC(NC(=O)C(Cc1ccc(O)cc1)NC(=O)C(CC(=O)O)NC(=O)C(C)N)C(=O)O. The Kier molecular flexibility index (Phi) is 11.0. The number of carbonyl (C=O) groups excluding carboxylic acids is 3. The second-order valence-electron chi connectivity index (χ2n) is 8.41. The Labute approximate surface area is 196 Å². The predicted molar refractivity (Wildman–Crippen MR) is 121 cm³/mol. The number of hydrogen-bond acceptors (Lipinski definition) is 7. The number of carboxylic acid groups (broad SMARTS) is 2. The van der Waals surface area contributed by atoms with Gasteiger partial charge in [-0.15, -0.1) is 0 Å². The lowest BCUT2D eigenvalue weighted by Gasteiger charge is -2.25. The number of rotatable bonds is 13. The van der Waals surface area contributed by atoms with E-state index in [0.29, 0.717) is 5.56 Å². The lowest BCUT2D eigenvalue weighted by Crippen LogP contribution is -2.57. The molecule has 4 unspecified atom stereocenters. The fourth-order valence-electron chi connectivity index (χ4n) is 3.00. The van der Waals surface area contributed by atoms with Crippen molar-refractivity contribution in [3.05, 3.63) is 29.8 Å². The van der Waals surface area contributed by atoms with Gasteiger partial charge < -0.3 is 37.0 Å². The van der Waals surface area contributed by atoms with Crippen molar-refractivity contribution in [1.29, 1.82) is 0 Å². The molecule has 0 bridgehead atoms.